The smallest absolute Gasteiger partial charge is 0.251 e. The maximum atomic E-state index is 11.8. The van der Waals surface area contributed by atoms with E-state index in [9.17, 15) is 19.2 Å². The van der Waals surface area contributed by atoms with Crippen LogP contribution in [0.1, 0.15) is 81.0 Å². The molecule has 156 valence electrons. The fraction of sp³-hybridized carbons (Fsp3) is 0.545. The summed E-state index contributed by atoms with van der Waals surface area (Å²) < 4.78 is 0. The molecule has 1 aromatic carbocycles. The minimum atomic E-state index is -0.567. The second kappa shape index (κ2) is 13.6. The van der Waals surface area contributed by atoms with E-state index in [2.05, 4.69) is 5.32 Å². The molecule has 2 amide bonds. The molecule has 6 nitrogen and oxygen atoms in total. The SMILES string of the molecule is CC(C)C(=O)CCCNC(=O)c1cccc(C(N)=O)c1.CCCC(=O)C(C)C. The number of Topliss-reactive ketones (excluding diaryl/α,β-unsaturated/α-hetero) is 2. The Morgan fingerprint density at radius 2 is 1.46 bits per heavy atom. The molecule has 0 spiro atoms. The van der Waals surface area contributed by atoms with Crippen molar-refractivity contribution < 1.29 is 19.2 Å². The summed E-state index contributed by atoms with van der Waals surface area (Å²) in [5, 5.41) is 2.72. The number of hydrogen-bond acceptors (Lipinski definition) is 4. The molecule has 0 aliphatic heterocycles. The number of rotatable bonds is 10. The van der Waals surface area contributed by atoms with Crippen molar-refractivity contribution in [3.63, 3.8) is 0 Å². The molecule has 0 unspecified atom stereocenters. The number of carbonyl (C=O) groups is 4. The summed E-state index contributed by atoms with van der Waals surface area (Å²) >= 11 is 0. The van der Waals surface area contributed by atoms with Gasteiger partial charge in [0.15, 0.2) is 0 Å². The molecule has 0 fully saturated rings. The lowest BCUT2D eigenvalue weighted by Gasteiger charge is -2.07. The van der Waals surface area contributed by atoms with E-state index in [1.807, 2.05) is 34.6 Å². The highest BCUT2D eigenvalue weighted by atomic mass is 16.2. The summed E-state index contributed by atoms with van der Waals surface area (Å²) in [6.07, 6.45) is 2.80. The van der Waals surface area contributed by atoms with Crippen molar-refractivity contribution in [3.8, 4) is 0 Å². The van der Waals surface area contributed by atoms with Crippen LogP contribution < -0.4 is 11.1 Å². The lowest BCUT2D eigenvalue weighted by atomic mass is 10.0. The van der Waals surface area contributed by atoms with Gasteiger partial charge in [-0.2, -0.15) is 0 Å². The molecule has 1 aromatic rings. The van der Waals surface area contributed by atoms with E-state index >= 15 is 0 Å². The van der Waals surface area contributed by atoms with Gasteiger partial charge in [-0.05, 0) is 31.0 Å². The summed E-state index contributed by atoms with van der Waals surface area (Å²) in [7, 11) is 0. The number of benzene rings is 1. The molecule has 6 heteroatoms. The lowest BCUT2D eigenvalue weighted by molar-refractivity contribution is -0.122. The first kappa shape index (κ1) is 25.5. The summed E-state index contributed by atoms with van der Waals surface area (Å²) in [6.45, 7) is 10.1. The van der Waals surface area contributed by atoms with E-state index < -0.39 is 5.91 Å². The van der Waals surface area contributed by atoms with Gasteiger partial charge in [-0.3, -0.25) is 19.2 Å². The zero-order valence-corrected chi connectivity index (χ0v) is 17.7. The Balaban J connectivity index is 0.000000769. The first-order chi connectivity index (χ1) is 13.1. The van der Waals surface area contributed by atoms with Crippen molar-refractivity contribution >= 4 is 23.4 Å². The molecule has 0 atom stereocenters. The standard InChI is InChI=1S/C15H20N2O3.C7H14O/c1-10(2)13(18)7-4-8-17-15(20)12-6-3-5-11(9-12)14(16)19;1-4-5-7(8)6(2)3/h3,5-6,9-10H,4,7-8H2,1-2H3,(H2,16,19)(H,17,20);6H,4-5H2,1-3H3. The minimum Gasteiger partial charge on any atom is -0.366 e. The van der Waals surface area contributed by atoms with Gasteiger partial charge in [0.05, 0.1) is 0 Å². The van der Waals surface area contributed by atoms with Crippen molar-refractivity contribution in [2.45, 2.75) is 60.3 Å². The molecule has 0 aliphatic carbocycles. The molecule has 0 heterocycles. The number of carbonyl (C=O) groups excluding carboxylic acids is 4. The van der Waals surface area contributed by atoms with Crippen molar-refractivity contribution in [1.82, 2.24) is 5.32 Å². The average molecular weight is 391 g/mol. The molecule has 3 N–H and O–H groups in total. The van der Waals surface area contributed by atoms with Crippen molar-refractivity contribution in [2.75, 3.05) is 6.54 Å². The normalized spacial score (nSPS) is 10.2. The highest BCUT2D eigenvalue weighted by Gasteiger charge is 2.09. The van der Waals surface area contributed by atoms with Crippen LogP contribution in [0.4, 0.5) is 0 Å². The molecule has 0 aliphatic rings. The van der Waals surface area contributed by atoms with E-state index in [1.54, 1.807) is 18.2 Å². The number of primary amides is 1. The van der Waals surface area contributed by atoms with Crippen molar-refractivity contribution in [3.05, 3.63) is 35.4 Å². The Morgan fingerprint density at radius 3 is 1.93 bits per heavy atom. The van der Waals surface area contributed by atoms with Gasteiger partial charge in [-0.15, -0.1) is 0 Å². The van der Waals surface area contributed by atoms with Crippen molar-refractivity contribution in [1.29, 1.82) is 0 Å². The van der Waals surface area contributed by atoms with Crippen LogP contribution in [0.25, 0.3) is 0 Å². The number of nitrogens with two attached hydrogens (primary N) is 1. The quantitative estimate of drug-likeness (QED) is 0.596. The van der Waals surface area contributed by atoms with E-state index in [0.717, 1.165) is 12.8 Å². The zero-order valence-electron chi connectivity index (χ0n) is 17.7. The zero-order chi connectivity index (χ0) is 21.7. The highest BCUT2D eigenvalue weighted by molar-refractivity contribution is 5.99. The summed E-state index contributed by atoms with van der Waals surface area (Å²) in [5.74, 6) is -0.0114. The molecule has 28 heavy (non-hydrogen) atoms. The Labute approximate surface area is 168 Å². The third-order valence-corrected chi connectivity index (χ3v) is 4.08. The number of amides is 2. The van der Waals surface area contributed by atoms with E-state index in [4.69, 9.17) is 5.73 Å². The Hall–Kier alpha value is -2.50. The second-order valence-electron chi connectivity index (χ2n) is 7.30. The fourth-order valence-corrected chi connectivity index (χ4v) is 2.20. The molecule has 0 bridgehead atoms. The van der Waals surface area contributed by atoms with E-state index in [0.29, 0.717) is 36.3 Å². The first-order valence-electron chi connectivity index (χ1n) is 9.83. The summed E-state index contributed by atoms with van der Waals surface area (Å²) in [6, 6.07) is 6.23. The number of hydrogen-bond donors (Lipinski definition) is 2. The molecule has 1 rings (SSSR count). The second-order valence-corrected chi connectivity index (χ2v) is 7.30. The maximum Gasteiger partial charge on any atom is 0.251 e. The maximum absolute atomic E-state index is 11.8. The molecular formula is C22H34N2O4. The van der Waals surface area contributed by atoms with Crippen LogP contribution in [0.3, 0.4) is 0 Å². The monoisotopic (exact) mass is 390 g/mol. The van der Waals surface area contributed by atoms with Crippen LogP contribution in [0.15, 0.2) is 24.3 Å². The van der Waals surface area contributed by atoms with Crippen molar-refractivity contribution in [2.24, 2.45) is 17.6 Å². The van der Waals surface area contributed by atoms with Crippen LogP contribution in [0.5, 0.6) is 0 Å². The van der Waals surface area contributed by atoms with Gasteiger partial charge in [0.2, 0.25) is 5.91 Å². The Kier molecular flexibility index (Phi) is 12.4. The van der Waals surface area contributed by atoms with E-state index in [1.165, 1.54) is 6.07 Å². The number of ketones is 2. The highest BCUT2D eigenvalue weighted by Crippen LogP contribution is 2.05. The topological polar surface area (TPSA) is 106 Å². The average Bonchev–Trinajstić information content (AvgIpc) is 2.65. The van der Waals surface area contributed by atoms with Crippen LogP contribution in [0, 0.1) is 11.8 Å². The molecule has 0 aromatic heterocycles. The van der Waals surface area contributed by atoms with Gasteiger partial charge in [0, 0.05) is 42.3 Å². The van der Waals surface area contributed by atoms with Crippen LogP contribution in [0.2, 0.25) is 0 Å². The van der Waals surface area contributed by atoms with Crippen LogP contribution in [-0.4, -0.2) is 29.9 Å². The Bertz CT molecular complexity index is 666. The third kappa shape index (κ3) is 10.6. The molecule has 0 saturated carbocycles. The van der Waals surface area contributed by atoms with Gasteiger partial charge in [0.25, 0.3) is 5.91 Å². The van der Waals surface area contributed by atoms with E-state index in [-0.39, 0.29) is 23.5 Å². The number of nitrogens with one attached hydrogen (secondary N) is 1. The van der Waals surface area contributed by atoms with Gasteiger partial charge in [-0.1, -0.05) is 40.7 Å². The van der Waals surface area contributed by atoms with Gasteiger partial charge in [0.1, 0.15) is 11.6 Å². The largest absolute Gasteiger partial charge is 0.366 e. The summed E-state index contributed by atoms with van der Waals surface area (Å²) in [4.78, 5) is 45.0. The molecule has 0 radical (unpaired) electrons. The van der Waals surface area contributed by atoms with Gasteiger partial charge < -0.3 is 11.1 Å². The van der Waals surface area contributed by atoms with Gasteiger partial charge >= 0.3 is 0 Å². The first-order valence-corrected chi connectivity index (χ1v) is 9.83. The predicted octanol–water partition coefficient (Wildman–Crippen LogP) is 3.53. The molecular weight excluding hydrogens is 356 g/mol. The Morgan fingerprint density at radius 1 is 0.929 bits per heavy atom. The summed E-state index contributed by atoms with van der Waals surface area (Å²) in [5.41, 5.74) is 5.84. The lowest BCUT2D eigenvalue weighted by Crippen LogP contribution is -2.25. The fourth-order valence-electron chi connectivity index (χ4n) is 2.20. The van der Waals surface area contributed by atoms with Gasteiger partial charge in [-0.25, -0.2) is 0 Å². The molecule has 0 saturated heterocycles. The third-order valence-electron chi connectivity index (χ3n) is 4.08. The van der Waals surface area contributed by atoms with Crippen LogP contribution >= 0.6 is 0 Å². The minimum absolute atomic E-state index is 0.0259. The predicted molar refractivity (Wildman–Crippen MR) is 111 cm³/mol. The van der Waals surface area contributed by atoms with Crippen LogP contribution in [-0.2, 0) is 9.59 Å².